The fraction of sp³-hybridized carbons (Fsp3) is 0.538. The summed E-state index contributed by atoms with van der Waals surface area (Å²) < 4.78 is 0. The summed E-state index contributed by atoms with van der Waals surface area (Å²) in [5, 5.41) is 22.6. The molecule has 0 radical (unpaired) electrons. The van der Waals surface area contributed by atoms with Crippen LogP contribution in [-0.2, 0) is 0 Å². The summed E-state index contributed by atoms with van der Waals surface area (Å²) in [6.45, 7) is 6.01. The van der Waals surface area contributed by atoms with Crippen LogP contribution in [0.25, 0.3) is 0 Å². The van der Waals surface area contributed by atoms with Crippen LogP contribution in [0.15, 0.2) is 17.3 Å². The van der Waals surface area contributed by atoms with Crippen LogP contribution in [0, 0.1) is 22.0 Å². The zero-order valence-corrected chi connectivity index (χ0v) is 12.1. The Morgan fingerprint density at radius 1 is 1.48 bits per heavy atom. The van der Waals surface area contributed by atoms with E-state index in [2.05, 4.69) is 28.9 Å². The summed E-state index contributed by atoms with van der Waals surface area (Å²) in [6, 6.07) is 2.96. The van der Waals surface area contributed by atoms with Crippen molar-refractivity contribution in [1.29, 1.82) is 0 Å². The SMILES string of the molecule is CC1CC(C)CN(c2ccc([N+](=O)[O-])c(/C(N)=N/O)n2)C1. The zero-order valence-electron chi connectivity index (χ0n) is 12.1. The van der Waals surface area contributed by atoms with Crippen molar-refractivity contribution in [2.75, 3.05) is 18.0 Å². The lowest BCUT2D eigenvalue weighted by molar-refractivity contribution is -0.385. The number of anilines is 1. The van der Waals surface area contributed by atoms with E-state index >= 15 is 0 Å². The number of pyridine rings is 1. The first-order valence-corrected chi connectivity index (χ1v) is 6.80. The minimum absolute atomic E-state index is 0.106. The molecule has 8 nitrogen and oxygen atoms in total. The number of amidine groups is 1. The normalized spacial score (nSPS) is 23.1. The molecule has 0 saturated carbocycles. The minimum atomic E-state index is -0.592. The highest BCUT2D eigenvalue weighted by Crippen LogP contribution is 2.27. The van der Waals surface area contributed by atoms with Gasteiger partial charge < -0.3 is 15.8 Å². The third kappa shape index (κ3) is 3.21. The van der Waals surface area contributed by atoms with Gasteiger partial charge in [-0.25, -0.2) is 4.98 Å². The van der Waals surface area contributed by atoms with Crippen LogP contribution in [0.4, 0.5) is 11.5 Å². The first kappa shape index (κ1) is 15.0. The summed E-state index contributed by atoms with van der Waals surface area (Å²) in [5.41, 5.74) is 5.12. The minimum Gasteiger partial charge on any atom is -0.409 e. The standard InChI is InChI=1S/C13H19N5O3/c1-8-5-9(2)7-17(6-8)11-4-3-10(18(20)21)12(15-11)13(14)16-19/h3-4,8-9,19H,5-7H2,1-2H3,(H2,14,16). The summed E-state index contributed by atoms with van der Waals surface area (Å²) in [5.74, 6) is 1.30. The van der Waals surface area contributed by atoms with Crippen LogP contribution in [0.1, 0.15) is 26.0 Å². The maximum atomic E-state index is 11.0. The van der Waals surface area contributed by atoms with Gasteiger partial charge in [-0.2, -0.15) is 0 Å². The number of rotatable bonds is 3. The number of aromatic nitrogens is 1. The highest BCUT2D eigenvalue weighted by atomic mass is 16.6. The predicted molar refractivity (Wildman–Crippen MR) is 78.6 cm³/mol. The molecule has 2 unspecified atom stereocenters. The van der Waals surface area contributed by atoms with Crippen LogP contribution in [0.3, 0.4) is 0 Å². The van der Waals surface area contributed by atoms with Gasteiger partial charge in [0.25, 0.3) is 5.69 Å². The van der Waals surface area contributed by atoms with Crippen molar-refractivity contribution in [1.82, 2.24) is 4.98 Å². The number of hydrogen-bond acceptors (Lipinski definition) is 6. The monoisotopic (exact) mass is 293 g/mol. The summed E-state index contributed by atoms with van der Waals surface area (Å²) in [7, 11) is 0. The van der Waals surface area contributed by atoms with Crippen molar-refractivity contribution in [2.45, 2.75) is 20.3 Å². The third-order valence-corrected chi connectivity index (χ3v) is 3.60. The molecule has 2 rings (SSSR count). The van der Waals surface area contributed by atoms with E-state index in [-0.39, 0.29) is 17.2 Å². The molecule has 21 heavy (non-hydrogen) atoms. The van der Waals surface area contributed by atoms with E-state index in [0.717, 1.165) is 19.5 Å². The number of nitrogens with zero attached hydrogens (tertiary/aromatic N) is 4. The second kappa shape index (κ2) is 5.94. The smallest absolute Gasteiger partial charge is 0.298 e. The van der Waals surface area contributed by atoms with Crippen LogP contribution in [0.5, 0.6) is 0 Å². The highest BCUT2D eigenvalue weighted by molar-refractivity contribution is 5.99. The Labute approximate surface area is 122 Å². The van der Waals surface area contributed by atoms with E-state index in [1.54, 1.807) is 6.07 Å². The molecule has 1 fully saturated rings. The molecule has 1 aliphatic heterocycles. The molecule has 1 saturated heterocycles. The zero-order chi connectivity index (χ0) is 15.6. The lowest BCUT2D eigenvalue weighted by atomic mass is 9.92. The number of hydrogen-bond donors (Lipinski definition) is 2. The summed E-state index contributed by atoms with van der Waals surface area (Å²) in [4.78, 5) is 16.7. The van der Waals surface area contributed by atoms with E-state index in [0.29, 0.717) is 17.7 Å². The maximum Gasteiger partial charge on any atom is 0.298 e. The molecule has 0 bridgehead atoms. The van der Waals surface area contributed by atoms with Gasteiger partial charge in [-0.15, -0.1) is 0 Å². The van der Waals surface area contributed by atoms with Gasteiger partial charge in [0.2, 0.25) is 0 Å². The summed E-state index contributed by atoms with van der Waals surface area (Å²) in [6.07, 6.45) is 1.15. The van der Waals surface area contributed by atoms with Gasteiger partial charge in [0, 0.05) is 19.2 Å². The third-order valence-electron chi connectivity index (χ3n) is 3.60. The Balaban J connectivity index is 2.39. The number of oxime groups is 1. The average Bonchev–Trinajstić information content (AvgIpc) is 2.44. The first-order chi connectivity index (χ1) is 9.92. The highest BCUT2D eigenvalue weighted by Gasteiger charge is 2.26. The molecule has 8 heteroatoms. The Morgan fingerprint density at radius 2 is 2.10 bits per heavy atom. The van der Waals surface area contributed by atoms with Gasteiger partial charge in [0.1, 0.15) is 5.82 Å². The molecule has 0 aromatic carbocycles. The molecular weight excluding hydrogens is 274 g/mol. The Bertz CT molecular complexity index is 565. The van der Waals surface area contributed by atoms with Gasteiger partial charge in [0.15, 0.2) is 11.5 Å². The molecule has 2 atom stereocenters. The van der Waals surface area contributed by atoms with Gasteiger partial charge in [0.05, 0.1) is 4.92 Å². The molecule has 0 spiro atoms. The fourth-order valence-corrected chi connectivity index (χ4v) is 2.85. The molecule has 0 amide bonds. The van der Waals surface area contributed by atoms with Gasteiger partial charge in [-0.05, 0) is 24.3 Å². The molecule has 1 aromatic heterocycles. The number of nitro groups is 1. The van der Waals surface area contributed by atoms with Crippen molar-refractivity contribution >= 4 is 17.3 Å². The topological polar surface area (TPSA) is 118 Å². The maximum absolute atomic E-state index is 11.0. The van der Waals surface area contributed by atoms with E-state index in [9.17, 15) is 10.1 Å². The fourth-order valence-electron chi connectivity index (χ4n) is 2.85. The Hall–Kier alpha value is -2.38. The van der Waals surface area contributed by atoms with Gasteiger partial charge in [-0.3, -0.25) is 10.1 Å². The molecule has 1 aliphatic rings. The van der Waals surface area contributed by atoms with Crippen LogP contribution >= 0.6 is 0 Å². The van der Waals surface area contributed by atoms with Crippen LogP contribution in [-0.4, -0.2) is 34.0 Å². The number of piperidine rings is 1. The second-order valence-electron chi connectivity index (χ2n) is 5.63. The quantitative estimate of drug-likeness (QED) is 0.287. The van der Waals surface area contributed by atoms with Crippen LogP contribution < -0.4 is 10.6 Å². The van der Waals surface area contributed by atoms with E-state index < -0.39 is 4.92 Å². The predicted octanol–water partition coefficient (Wildman–Crippen LogP) is 1.57. The molecule has 0 aliphatic carbocycles. The molecule has 1 aromatic rings. The Kier molecular flexibility index (Phi) is 4.25. The van der Waals surface area contributed by atoms with Crippen molar-refractivity contribution in [3.8, 4) is 0 Å². The van der Waals surface area contributed by atoms with Crippen molar-refractivity contribution < 1.29 is 10.1 Å². The largest absolute Gasteiger partial charge is 0.409 e. The van der Waals surface area contributed by atoms with Gasteiger partial charge in [-0.1, -0.05) is 19.0 Å². The van der Waals surface area contributed by atoms with Crippen molar-refractivity contribution in [2.24, 2.45) is 22.7 Å². The van der Waals surface area contributed by atoms with Gasteiger partial charge >= 0.3 is 0 Å². The average molecular weight is 293 g/mol. The molecule has 114 valence electrons. The second-order valence-corrected chi connectivity index (χ2v) is 5.63. The summed E-state index contributed by atoms with van der Waals surface area (Å²) >= 11 is 0. The molecule has 3 N–H and O–H groups in total. The Morgan fingerprint density at radius 3 is 2.62 bits per heavy atom. The van der Waals surface area contributed by atoms with Crippen LogP contribution in [0.2, 0.25) is 0 Å². The van der Waals surface area contributed by atoms with E-state index in [1.165, 1.54) is 6.07 Å². The van der Waals surface area contributed by atoms with E-state index in [4.69, 9.17) is 10.9 Å². The van der Waals surface area contributed by atoms with Crippen molar-refractivity contribution in [3.05, 3.63) is 27.9 Å². The lowest BCUT2D eigenvalue weighted by Crippen LogP contribution is -2.39. The number of nitrogens with two attached hydrogens (primary N) is 1. The lowest BCUT2D eigenvalue weighted by Gasteiger charge is -2.35. The molecular formula is C13H19N5O3. The molecule has 2 heterocycles. The van der Waals surface area contributed by atoms with Crippen molar-refractivity contribution in [3.63, 3.8) is 0 Å². The van der Waals surface area contributed by atoms with E-state index in [1.807, 2.05) is 0 Å². The first-order valence-electron chi connectivity index (χ1n) is 6.80.